The first-order valence-electron chi connectivity index (χ1n) is 18.8. The maximum Gasteiger partial charge on any atom is 0.164 e. The Balaban J connectivity index is 1.15. The molecule has 10 aromatic rings. The predicted molar refractivity (Wildman–Crippen MR) is 230 cm³/mol. The highest BCUT2D eigenvalue weighted by atomic mass is 15.0. The first kappa shape index (κ1) is 33.2. The van der Waals surface area contributed by atoms with Crippen molar-refractivity contribution in [3.05, 3.63) is 187 Å². The Labute approximate surface area is 325 Å². The average Bonchev–Trinajstić information content (AvgIpc) is 3.25. The quantitative estimate of drug-likeness (QED) is 0.160. The summed E-state index contributed by atoms with van der Waals surface area (Å²) in [5, 5.41) is 5.97. The van der Waals surface area contributed by atoms with Crippen molar-refractivity contribution in [2.45, 2.75) is 13.8 Å². The van der Waals surface area contributed by atoms with Gasteiger partial charge < -0.3 is 0 Å². The van der Waals surface area contributed by atoms with Crippen LogP contribution in [0.5, 0.6) is 0 Å². The van der Waals surface area contributed by atoms with Crippen molar-refractivity contribution in [3.8, 4) is 67.8 Å². The van der Waals surface area contributed by atoms with Crippen LogP contribution in [0.15, 0.2) is 176 Å². The molecule has 0 spiro atoms. The normalized spacial score (nSPS) is 11.4. The van der Waals surface area contributed by atoms with Gasteiger partial charge in [-0.05, 0) is 100 Å². The number of aromatic nitrogens is 5. The van der Waals surface area contributed by atoms with Crippen LogP contribution in [0.3, 0.4) is 0 Å². The molecule has 8 aromatic carbocycles. The van der Waals surface area contributed by atoms with Gasteiger partial charge in [0.05, 0.1) is 5.52 Å². The molecule has 264 valence electrons. The van der Waals surface area contributed by atoms with Gasteiger partial charge in [-0.1, -0.05) is 139 Å². The van der Waals surface area contributed by atoms with E-state index in [1.807, 2.05) is 42.6 Å². The molecular weight excluding hydrogens is 683 g/mol. The fraction of sp³-hybridized carbons (Fsp3) is 0.0392. The summed E-state index contributed by atoms with van der Waals surface area (Å²) < 4.78 is 0. The second-order valence-electron chi connectivity index (χ2n) is 14.4. The van der Waals surface area contributed by atoms with E-state index in [0.29, 0.717) is 23.3 Å². The van der Waals surface area contributed by atoms with E-state index in [-0.39, 0.29) is 0 Å². The minimum Gasteiger partial charge on any atom is -0.236 e. The number of rotatable bonds is 6. The smallest absolute Gasteiger partial charge is 0.164 e. The molecule has 0 saturated carbocycles. The van der Waals surface area contributed by atoms with Crippen LogP contribution in [-0.2, 0) is 0 Å². The zero-order valence-corrected chi connectivity index (χ0v) is 31.0. The molecule has 0 aliphatic rings. The average molecular weight is 718 g/mol. The largest absolute Gasteiger partial charge is 0.236 e. The van der Waals surface area contributed by atoms with Crippen LogP contribution in [0.1, 0.15) is 11.1 Å². The van der Waals surface area contributed by atoms with Gasteiger partial charge in [-0.25, -0.2) is 24.9 Å². The molecule has 0 fully saturated rings. The van der Waals surface area contributed by atoms with Crippen LogP contribution >= 0.6 is 0 Å². The third kappa shape index (κ3) is 6.25. The van der Waals surface area contributed by atoms with Gasteiger partial charge in [-0.3, -0.25) is 0 Å². The third-order valence-corrected chi connectivity index (χ3v) is 10.4. The van der Waals surface area contributed by atoms with Gasteiger partial charge in [0.1, 0.15) is 0 Å². The molecule has 2 aromatic heterocycles. The molecule has 0 amide bonds. The summed E-state index contributed by atoms with van der Waals surface area (Å²) in [6.45, 7) is 4.17. The molecular formula is C51H35N5. The summed E-state index contributed by atoms with van der Waals surface area (Å²) in [6.07, 6.45) is 1.89. The first-order valence-corrected chi connectivity index (χ1v) is 18.8. The van der Waals surface area contributed by atoms with E-state index in [2.05, 4.69) is 147 Å². The minimum absolute atomic E-state index is 0.580. The Morgan fingerprint density at radius 1 is 0.321 bits per heavy atom. The molecule has 0 N–H and O–H groups in total. The van der Waals surface area contributed by atoms with E-state index in [0.717, 1.165) is 61.0 Å². The summed E-state index contributed by atoms with van der Waals surface area (Å²) in [6, 6.07) is 59.5. The van der Waals surface area contributed by atoms with Crippen molar-refractivity contribution < 1.29 is 0 Å². The summed E-state index contributed by atoms with van der Waals surface area (Å²) >= 11 is 0. The Morgan fingerprint density at radius 2 is 0.857 bits per heavy atom. The standard InChI is InChI=1S/C51H35N5/c1-32-11-9-15-37(25-32)49-54-50(38-16-10-12-33(2)26-38)56-51(55-49)42-28-40(27-41(29-42)48-52-31-39-14-4-8-20-47(39)53-48)34-21-23-35(24-22-34)46-30-36-13-3-5-17-43(36)44-18-6-7-19-45(44)46/h3-31H,1-2H3. The maximum atomic E-state index is 5.13. The highest BCUT2D eigenvalue weighted by Crippen LogP contribution is 2.37. The number of nitrogens with zero attached hydrogens (tertiary/aromatic N) is 5. The number of aryl methyl sites for hydroxylation is 2. The van der Waals surface area contributed by atoms with Crippen LogP contribution in [-0.4, -0.2) is 24.9 Å². The van der Waals surface area contributed by atoms with E-state index in [1.54, 1.807) is 0 Å². The molecule has 2 heterocycles. The molecule has 0 aliphatic carbocycles. The lowest BCUT2D eigenvalue weighted by Gasteiger charge is -2.14. The molecule has 56 heavy (non-hydrogen) atoms. The van der Waals surface area contributed by atoms with Crippen molar-refractivity contribution in [3.63, 3.8) is 0 Å². The lowest BCUT2D eigenvalue weighted by Crippen LogP contribution is -2.01. The molecule has 5 nitrogen and oxygen atoms in total. The number of fused-ring (bicyclic) bond motifs is 4. The van der Waals surface area contributed by atoms with E-state index < -0.39 is 0 Å². The molecule has 0 unspecified atom stereocenters. The molecule has 10 rings (SSSR count). The molecule has 0 radical (unpaired) electrons. The fourth-order valence-corrected chi connectivity index (χ4v) is 7.63. The van der Waals surface area contributed by atoms with Gasteiger partial charge in [0.2, 0.25) is 0 Å². The minimum atomic E-state index is 0.580. The zero-order chi connectivity index (χ0) is 37.6. The second kappa shape index (κ2) is 13.8. The number of hydrogen-bond acceptors (Lipinski definition) is 5. The Morgan fingerprint density at radius 3 is 1.54 bits per heavy atom. The predicted octanol–water partition coefficient (Wildman–Crippen LogP) is 12.7. The van der Waals surface area contributed by atoms with Crippen LogP contribution < -0.4 is 0 Å². The number of benzene rings is 8. The Bertz CT molecular complexity index is 3050. The maximum absolute atomic E-state index is 5.13. The highest BCUT2D eigenvalue weighted by molar-refractivity contribution is 6.13. The van der Waals surface area contributed by atoms with Gasteiger partial charge in [0.25, 0.3) is 0 Å². The monoisotopic (exact) mass is 717 g/mol. The molecule has 0 bridgehead atoms. The van der Waals surface area contributed by atoms with Crippen molar-refractivity contribution in [2.75, 3.05) is 0 Å². The van der Waals surface area contributed by atoms with Gasteiger partial charge in [-0.15, -0.1) is 0 Å². The topological polar surface area (TPSA) is 64.5 Å². The lowest BCUT2D eigenvalue weighted by atomic mass is 9.92. The molecule has 0 aliphatic heterocycles. The molecule has 0 saturated heterocycles. The summed E-state index contributed by atoms with van der Waals surface area (Å²) in [5.41, 5.74) is 11.2. The van der Waals surface area contributed by atoms with Crippen LogP contribution in [0.2, 0.25) is 0 Å². The lowest BCUT2D eigenvalue weighted by molar-refractivity contribution is 1.07. The van der Waals surface area contributed by atoms with Gasteiger partial charge >= 0.3 is 0 Å². The van der Waals surface area contributed by atoms with Crippen LogP contribution in [0.25, 0.3) is 100 Å². The summed E-state index contributed by atoms with van der Waals surface area (Å²) in [5.74, 6) is 2.46. The van der Waals surface area contributed by atoms with E-state index >= 15 is 0 Å². The highest BCUT2D eigenvalue weighted by Gasteiger charge is 2.17. The number of para-hydroxylation sites is 1. The van der Waals surface area contributed by atoms with Gasteiger partial charge in [0.15, 0.2) is 23.3 Å². The zero-order valence-electron chi connectivity index (χ0n) is 31.0. The van der Waals surface area contributed by atoms with E-state index in [9.17, 15) is 0 Å². The summed E-state index contributed by atoms with van der Waals surface area (Å²) in [4.78, 5) is 25.1. The van der Waals surface area contributed by atoms with Crippen LogP contribution in [0.4, 0.5) is 0 Å². The van der Waals surface area contributed by atoms with Crippen molar-refractivity contribution in [1.82, 2.24) is 24.9 Å². The summed E-state index contributed by atoms with van der Waals surface area (Å²) in [7, 11) is 0. The molecule has 5 heteroatoms. The SMILES string of the molecule is Cc1cccc(-c2nc(-c3cccc(C)c3)nc(-c3cc(-c4ccc(-c5cc6ccccc6c6ccccc56)cc4)cc(-c4ncc5ccccc5n4)c3)n2)c1. The Kier molecular flexibility index (Phi) is 8.19. The van der Waals surface area contributed by atoms with Crippen molar-refractivity contribution in [2.24, 2.45) is 0 Å². The van der Waals surface area contributed by atoms with Crippen molar-refractivity contribution in [1.29, 1.82) is 0 Å². The third-order valence-electron chi connectivity index (χ3n) is 10.4. The second-order valence-corrected chi connectivity index (χ2v) is 14.4. The first-order chi connectivity index (χ1) is 27.5. The van der Waals surface area contributed by atoms with E-state index in [1.165, 1.54) is 27.1 Å². The van der Waals surface area contributed by atoms with E-state index in [4.69, 9.17) is 24.9 Å². The van der Waals surface area contributed by atoms with Crippen molar-refractivity contribution >= 4 is 32.4 Å². The Hall–Kier alpha value is -7.37. The van der Waals surface area contributed by atoms with Gasteiger partial charge in [-0.2, -0.15) is 0 Å². The fourth-order valence-electron chi connectivity index (χ4n) is 7.63. The molecule has 0 atom stereocenters. The number of hydrogen-bond donors (Lipinski definition) is 0. The van der Waals surface area contributed by atoms with Gasteiger partial charge in [0, 0.05) is 33.8 Å². The van der Waals surface area contributed by atoms with Crippen LogP contribution in [0, 0.1) is 13.8 Å².